The molecule has 3 aromatic rings. The first-order chi connectivity index (χ1) is 13.5. The van der Waals surface area contributed by atoms with Crippen molar-refractivity contribution in [2.45, 2.75) is 11.3 Å². The summed E-state index contributed by atoms with van der Waals surface area (Å²) in [5.41, 5.74) is 1.83. The molecule has 0 spiro atoms. The highest BCUT2D eigenvalue weighted by Crippen LogP contribution is 2.28. The molecule has 3 rings (SSSR count). The van der Waals surface area contributed by atoms with Gasteiger partial charge in [-0.25, -0.2) is 4.39 Å². The number of carbonyl (C=O) groups is 2. The molecule has 7 nitrogen and oxygen atoms in total. The Kier molecular flexibility index (Phi) is 6.56. The van der Waals surface area contributed by atoms with Gasteiger partial charge in [-0.1, -0.05) is 35.2 Å². The number of thioether (sulfide) groups is 1. The van der Waals surface area contributed by atoms with Crippen LogP contribution in [0, 0.1) is 5.82 Å². The number of anilines is 4. The minimum absolute atomic E-state index is 0.128. The van der Waals surface area contributed by atoms with E-state index in [0.29, 0.717) is 20.8 Å². The summed E-state index contributed by atoms with van der Waals surface area (Å²) >= 11 is 2.54. The third kappa shape index (κ3) is 6.03. The Morgan fingerprint density at radius 2 is 1.75 bits per heavy atom. The third-order valence-electron chi connectivity index (χ3n) is 3.28. The van der Waals surface area contributed by atoms with Crippen LogP contribution in [0.25, 0.3) is 0 Å². The van der Waals surface area contributed by atoms with E-state index in [1.807, 2.05) is 6.07 Å². The molecule has 1 aromatic heterocycles. The summed E-state index contributed by atoms with van der Waals surface area (Å²) in [6.45, 7) is 1.44. The van der Waals surface area contributed by atoms with Gasteiger partial charge in [-0.2, -0.15) is 0 Å². The first-order valence-electron chi connectivity index (χ1n) is 8.14. The Morgan fingerprint density at radius 1 is 1.04 bits per heavy atom. The molecule has 0 fully saturated rings. The number of carbonyl (C=O) groups excluding carboxylic acids is 2. The SMILES string of the molecule is CC(=O)Nc1cccc(Nc2nnc(SCC(=O)Nc3cccc(F)c3)s2)c1. The van der Waals surface area contributed by atoms with Crippen LogP contribution < -0.4 is 16.0 Å². The number of rotatable bonds is 7. The van der Waals surface area contributed by atoms with Crippen molar-refractivity contribution in [2.24, 2.45) is 0 Å². The summed E-state index contributed by atoms with van der Waals surface area (Å²) in [6, 6.07) is 12.9. The van der Waals surface area contributed by atoms with Crippen molar-refractivity contribution in [3.63, 3.8) is 0 Å². The van der Waals surface area contributed by atoms with Crippen LogP contribution in [0.3, 0.4) is 0 Å². The van der Waals surface area contributed by atoms with Crippen molar-refractivity contribution < 1.29 is 14.0 Å². The average molecular weight is 417 g/mol. The second-order valence-electron chi connectivity index (χ2n) is 5.61. The van der Waals surface area contributed by atoms with Crippen molar-refractivity contribution in [1.29, 1.82) is 0 Å². The molecule has 144 valence electrons. The van der Waals surface area contributed by atoms with Crippen LogP contribution in [-0.2, 0) is 9.59 Å². The topological polar surface area (TPSA) is 96.0 Å². The lowest BCUT2D eigenvalue weighted by atomic mass is 10.3. The van der Waals surface area contributed by atoms with E-state index in [9.17, 15) is 14.0 Å². The molecule has 0 unspecified atom stereocenters. The van der Waals surface area contributed by atoms with Gasteiger partial charge in [0.25, 0.3) is 0 Å². The monoisotopic (exact) mass is 417 g/mol. The van der Waals surface area contributed by atoms with E-state index in [1.54, 1.807) is 24.3 Å². The zero-order valence-corrected chi connectivity index (χ0v) is 16.4. The maximum Gasteiger partial charge on any atom is 0.234 e. The molecule has 0 atom stereocenters. The minimum Gasteiger partial charge on any atom is -0.330 e. The summed E-state index contributed by atoms with van der Waals surface area (Å²) in [5, 5.41) is 17.1. The number of aromatic nitrogens is 2. The predicted octanol–water partition coefficient (Wildman–Crippen LogP) is 4.11. The van der Waals surface area contributed by atoms with Gasteiger partial charge in [0.15, 0.2) is 4.34 Å². The summed E-state index contributed by atoms with van der Waals surface area (Å²) in [5.74, 6) is -0.692. The molecule has 1 heterocycles. The molecule has 0 bridgehead atoms. The largest absolute Gasteiger partial charge is 0.330 e. The lowest BCUT2D eigenvalue weighted by molar-refractivity contribution is -0.114. The lowest BCUT2D eigenvalue weighted by Crippen LogP contribution is -2.13. The van der Waals surface area contributed by atoms with E-state index in [0.717, 1.165) is 5.69 Å². The molecule has 0 radical (unpaired) electrons. The van der Waals surface area contributed by atoms with E-state index in [1.165, 1.54) is 48.2 Å². The van der Waals surface area contributed by atoms with Gasteiger partial charge in [0.1, 0.15) is 5.82 Å². The van der Waals surface area contributed by atoms with Gasteiger partial charge in [0.05, 0.1) is 5.75 Å². The summed E-state index contributed by atoms with van der Waals surface area (Å²) in [6.07, 6.45) is 0. The molecular weight excluding hydrogens is 401 g/mol. The van der Waals surface area contributed by atoms with Crippen molar-refractivity contribution in [3.05, 3.63) is 54.3 Å². The second kappa shape index (κ2) is 9.29. The van der Waals surface area contributed by atoms with E-state index in [2.05, 4.69) is 26.1 Å². The molecule has 0 aliphatic heterocycles. The number of amides is 2. The number of hydrogen-bond acceptors (Lipinski definition) is 7. The van der Waals surface area contributed by atoms with Crippen LogP contribution in [0.2, 0.25) is 0 Å². The lowest BCUT2D eigenvalue weighted by Gasteiger charge is -2.05. The number of hydrogen-bond donors (Lipinski definition) is 3. The van der Waals surface area contributed by atoms with Crippen LogP contribution >= 0.6 is 23.1 Å². The molecule has 28 heavy (non-hydrogen) atoms. The molecule has 3 N–H and O–H groups in total. The Bertz CT molecular complexity index is 995. The van der Waals surface area contributed by atoms with Crippen LogP contribution in [0.1, 0.15) is 6.92 Å². The van der Waals surface area contributed by atoms with Crippen LogP contribution in [0.4, 0.5) is 26.6 Å². The van der Waals surface area contributed by atoms with Gasteiger partial charge in [0, 0.05) is 24.0 Å². The zero-order chi connectivity index (χ0) is 19.9. The highest BCUT2D eigenvalue weighted by atomic mass is 32.2. The molecule has 0 aliphatic rings. The Hall–Kier alpha value is -2.98. The quantitative estimate of drug-likeness (QED) is 0.501. The zero-order valence-electron chi connectivity index (χ0n) is 14.7. The molecule has 2 aromatic carbocycles. The molecule has 10 heteroatoms. The Labute approximate surface area is 168 Å². The smallest absolute Gasteiger partial charge is 0.234 e. The predicted molar refractivity (Wildman–Crippen MR) is 110 cm³/mol. The highest BCUT2D eigenvalue weighted by Gasteiger charge is 2.09. The highest BCUT2D eigenvalue weighted by molar-refractivity contribution is 8.01. The van der Waals surface area contributed by atoms with E-state index >= 15 is 0 Å². The third-order valence-corrected chi connectivity index (χ3v) is 5.25. The Morgan fingerprint density at radius 3 is 2.50 bits per heavy atom. The van der Waals surface area contributed by atoms with Gasteiger partial charge >= 0.3 is 0 Å². The number of halogens is 1. The van der Waals surface area contributed by atoms with Crippen molar-refractivity contribution in [3.8, 4) is 0 Å². The maximum atomic E-state index is 13.1. The number of nitrogens with one attached hydrogen (secondary N) is 3. The van der Waals surface area contributed by atoms with Crippen LogP contribution in [0.5, 0.6) is 0 Å². The van der Waals surface area contributed by atoms with Crippen LogP contribution in [-0.4, -0.2) is 27.8 Å². The van der Waals surface area contributed by atoms with Crippen molar-refractivity contribution in [2.75, 3.05) is 21.7 Å². The van der Waals surface area contributed by atoms with Gasteiger partial charge < -0.3 is 16.0 Å². The first-order valence-corrected chi connectivity index (χ1v) is 9.94. The fourth-order valence-corrected chi connectivity index (χ4v) is 3.78. The number of nitrogens with zero attached hydrogens (tertiary/aromatic N) is 2. The molecule has 2 amide bonds. The van der Waals surface area contributed by atoms with Crippen molar-refractivity contribution in [1.82, 2.24) is 10.2 Å². The van der Waals surface area contributed by atoms with E-state index in [-0.39, 0.29) is 17.6 Å². The maximum absolute atomic E-state index is 13.1. The second-order valence-corrected chi connectivity index (χ2v) is 7.81. The summed E-state index contributed by atoms with van der Waals surface area (Å²) in [7, 11) is 0. The van der Waals surface area contributed by atoms with Gasteiger partial charge in [0.2, 0.25) is 16.9 Å². The van der Waals surface area contributed by atoms with Crippen molar-refractivity contribution >= 4 is 57.1 Å². The summed E-state index contributed by atoms with van der Waals surface area (Å²) in [4.78, 5) is 23.1. The van der Waals surface area contributed by atoms with E-state index < -0.39 is 5.82 Å². The Balaban J connectivity index is 1.53. The normalized spacial score (nSPS) is 10.4. The van der Waals surface area contributed by atoms with E-state index in [4.69, 9.17) is 0 Å². The number of benzene rings is 2. The standard InChI is InChI=1S/C18H16FN5O2S2/c1-11(25)20-14-6-3-7-15(9-14)22-17-23-24-18(28-17)27-10-16(26)21-13-5-2-4-12(19)8-13/h2-9H,10H2,1H3,(H,20,25)(H,21,26)(H,22,23). The molecular formula is C18H16FN5O2S2. The minimum atomic E-state index is -0.409. The fourth-order valence-electron chi connectivity index (χ4n) is 2.21. The van der Waals surface area contributed by atoms with Gasteiger partial charge in [-0.15, -0.1) is 10.2 Å². The average Bonchev–Trinajstić information content (AvgIpc) is 3.07. The van der Waals surface area contributed by atoms with Gasteiger partial charge in [-0.3, -0.25) is 9.59 Å². The summed E-state index contributed by atoms with van der Waals surface area (Å²) < 4.78 is 13.8. The van der Waals surface area contributed by atoms with Gasteiger partial charge in [-0.05, 0) is 36.4 Å². The van der Waals surface area contributed by atoms with Crippen LogP contribution in [0.15, 0.2) is 52.9 Å². The first kappa shape index (κ1) is 19.8. The molecule has 0 aliphatic carbocycles. The fraction of sp³-hybridized carbons (Fsp3) is 0.111. The molecule has 0 saturated carbocycles. The molecule has 0 saturated heterocycles.